The molecule has 1 aliphatic heterocycles. The number of amides is 1. The second-order valence-corrected chi connectivity index (χ2v) is 7.79. The van der Waals surface area contributed by atoms with E-state index in [9.17, 15) is 9.18 Å². The Balaban J connectivity index is 1.44. The van der Waals surface area contributed by atoms with Gasteiger partial charge in [-0.1, -0.05) is 43.4 Å². The Morgan fingerprint density at radius 1 is 1.29 bits per heavy atom. The van der Waals surface area contributed by atoms with Crippen LogP contribution in [0.3, 0.4) is 0 Å². The van der Waals surface area contributed by atoms with Crippen molar-refractivity contribution in [1.29, 1.82) is 0 Å². The van der Waals surface area contributed by atoms with Crippen molar-refractivity contribution < 1.29 is 13.9 Å². The lowest BCUT2D eigenvalue weighted by molar-refractivity contribution is -0.129. The second-order valence-electron chi connectivity index (χ2n) is 7.38. The molecule has 0 bridgehead atoms. The van der Waals surface area contributed by atoms with Gasteiger partial charge in [0.1, 0.15) is 5.82 Å². The number of carbonyl (C=O) groups is 1. The molecule has 3 nitrogen and oxygen atoms in total. The molecule has 0 radical (unpaired) electrons. The summed E-state index contributed by atoms with van der Waals surface area (Å²) in [6.45, 7) is 0.796. The van der Waals surface area contributed by atoms with E-state index in [1.807, 2.05) is 0 Å². The van der Waals surface area contributed by atoms with Gasteiger partial charge in [-0.05, 0) is 24.5 Å². The Morgan fingerprint density at radius 3 is 2.83 bits per heavy atom. The Hall–Kier alpha value is -1.13. The SMILES string of the molecule is O=C(Cc1c(F)cccc1Cl)N[C@@H]1[C@@H]2CCO[C@@H]2[C@@H]1C1CCCC1. The molecule has 3 fully saturated rings. The Morgan fingerprint density at radius 2 is 2.08 bits per heavy atom. The first-order valence-electron chi connectivity index (χ1n) is 8.99. The van der Waals surface area contributed by atoms with E-state index in [2.05, 4.69) is 5.32 Å². The van der Waals surface area contributed by atoms with Crippen LogP contribution in [0.2, 0.25) is 5.02 Å². The van der Waals surface area contributed by atoms with Crippen LogP contribution in [0.5, 0.6) is 0 Å². The average molecular weight is 352 g/mol. The van der Waals surface area contributed by atoms with Gasteiger partial charge in [-0.2, -0.15) is 0 Å². The molecule has 24 heavy (non-hydrogen) atoms. The smallest absolute Gasteiger partial charge is 0.224 e. The zero-order valence-electron chi connectivity index (χ0n) is 13.6. The maximum absolute atomic E-state index is 13.9. The average Bonchev–Trinajstić information content (AvgIpc) is 3.20. The van der Waals surface area contributed by atoms with Crippen molar-refractivity contribution in [1.82, 2.24) is 5.32 Å². The minimum Gasteiger partial charge on any atom is -0.377 e. The maximum Gasteiger partial charge on any atom is 0.224 e. The first-order valence-corrected chi connectivity index (χ1v) is 9.37. The van der Waals surface area contributed by atoms with E-state index in [4.69, 9.17) is 16.3 Å². The Labute approximate surface area is 146 Å². The van der Waals surface area contributed by atoms with E-state index in [1.165, 1.54) is 31.7 Å². The summed E-state index contributed by atoms with van der Waals surface area (Å²) in [6.07, 6.45) is 6.37. The van der Waals surface area contributed by atoms with E-state index < -0.39 is 5.82 Å². The van der Waals surface area contributed by atoms with Crippen LogP contribution in [0.15, 0.2) is 18.2 Å². The number of halogens is 2. The zero-order chi connectivity index (χ0) is 16.7. The molecular weight excluding hydrogens is 329 g/mol. The number of fused-ring (bicyclic) bond motifs is 1. The summed E-state index contributed by atoms with van der Waals surface area (Å²) in [7, 11) is 0. The summed E-state index contributed by atoms with van der Waals surface area (Å²) in [4.78, 5) is 12.5. The molecule has 1 aromatic carbocycles. The molecule has 1 heterocycles. The number of ether oxygens (including phenoxy) is 1. The number of rotatable bonds is 4. The van der Waals surface area contributed by atoms with Crippen molar-refractivity contribution in [2.24, 2.45) is 17.8 Å². The highest BCUT2D eigenvalue weighted by atomic mass is 35.5. The maximum atomic E-state index is 13.9. The number of carbonyl (C=O) groups excluding carboxylic acids is 1. The minimum absolute atomic E-state index is 0.00234. The molecule has 0 spiro atoms. The molecule has 0 aromatic heterocycles. The van der Waals surface area contributed by atoms with E-state index in [0.717, 1.165) is 13.0 Å². The predicted molar refractivity (Wildman–Crippen MR) is 90.3 cm³/mol. The molecule has 1 aromatic rings. The highest BCUT2D eigenvalue weighted by molar-refractivity contribution is 6.31. The van der Waals surface area contributed by atoms with Crippen molar-refractivity contribution in [2.75, 3.05) is 6.61 Å². The van der Waals surface area contributed by atoms with E-state index >= 15 is 0 Å². The van der Waals surface area contributed by atoms with Gasteiger partial charge in [0.15, 0.2) is 0 Å². The van der Waals surface area contributed by atoms with Crippen LogP contribution in [0.1, 0.15) is 37.7 Å². The van der Waals surface area contributed by atoms with Gasteiger partial charge >= 0.3 is 0 Å². The number of hydrogen-bond acceptors (Lipinski definition) is 2. The van der Waals surface area contributed by atoms with Crippen LogP contribution in [0.25, 0.3) is 0 Å². The summed E-state index contributed by atoms with van der Waals surface area (Å²) in [5.74, 6) is 0.961. The largest absolute Gasteiger partial charge is 0.377 e. The van der Waals surface area contributed by atoms with Gasteiger partial charge in [-0.15, -0.1) is 0 Å². The molecule has 130 valence electrons. The molecule has 4 rings (SSSR count). The molecule has 1 N–H and O–H groups in total. The van der Waals surface area contributed by atoms with Gasteiger partial charge in [0.25, 0.3) is 0 Å². The fourth-order valence-corrected chi connectivity index (χ4v) is 5.19. The first-order chi connectivity index (χ1) is 11.6. The third-order valence-electron chi connectivity index (χ3n) is 6.11. The van der Waals surface area contributed by atoms with Crippen LogP contribution in [-0.2, 0) is 16.0 Å². The quantitative estimate of drug-likeness (QED) is 0.897. The van der Waals surface area contributed by atoms with Crippen LogP contribution in [-0.4, -0.2) is 24.7 Å². The lowest BCUT2D eigenvalue weighted by Crippen LogP contribution is -2.63. The molecule has 1 saturated heterocycles. The molecule has 3 aliphatic rings. The third-order valence-corrected chi connectivity index (χ3v) is 6.46. The number of benzene rings is 1. The van der Waals surface area contributed by atoms with Crippen LogP contribution in [0.4, 0.5) is 4.39 Å². The van der Waals surface area contributed by atoms with Crippen LogP contribution >= 0.6 is 11.6 Å². The highest BCUT2D eigenvalue weighted by Crippen LogP contribution is 2.51. The molecule has 0 unspecified atom stereocenters. The fraction of sp³-hybridized carbons (Fsp3) is 0.632. The van der Waals surface area contributed by atoms with Gasteiger partial charge in [0.2, 0.25) is 5.91 Å². The zero-order valence-corrected chi connectivity index (χ0v) is 14.4. The van der Waals surface area contributed by atoms with Gasteiger partial charge in [-0.25, -0.2) is 4.39 Å². The summed E-state index contributed by atoms with van der Waals surface area (Å²) in [6, 6.07) is 4.71. The third kappa shape index (κ3) is 2.84. The predicted octanol–water partition coefficient (Wildman–Crippen LogP) is 3.73. The minimum atomic E-state index is -0.416. The highest BCUT2D eigenvalue weighted by Gasteiger charge is 2.56. The monoisotopic (exact) mass is 351 g/mol. The Bertz CT molecular complexity index is 607. The summed E-state index contributed by atoms with van der Waals surface area (Å²) in [5.41, 5.74) is 0.285. The summed E-state index contributed by atoms with van der Waals surface area (Å²) in [5, 5.41) is 3.49. The van der Waals surface area contributed by atoms with Gasteiger partial charge in [-0.3, -0.25) is 4.79 Å². The second kappa shape index (κ2) is 6.64. The van der Waals surface area contributed by atoms with Gasteiger partial charge in [0.05, 0.1) is 12.5 Å². The summed E-state index contributed by atoms with van der Waals surface area (Å²) >= 11 is 6.04. The van der Waals surface area contributed by atoms with Crippen molar-refractivity contribution in [2.45, 2.75) is 50.7 Å². The molecule has 2 saturated carbocycles. The van der Waals surface area contributed by atoms with E-state index in [1.54, 1.807) is 12.1 Å². The van der Waals surface area contributed by atoms with Gasteiger partial charge in [0, 0.05) is 35.1 Å². The van der Waals surface area contributed by atoms with Crippen molar-refractivity contribution in [3.05, 3.63) is 34.6 Å². The standard InChI is InChI=1S/C19H23ClFNO2/c20-14-6-3-7-15(21)13(14)10-16(23)22-18-12-8-9-24-19(12)17(18)11-4-1-2-5-11/h3,6-7,11-12,17-19H,1-2,4-5,8-10H2,(H,22,23)/t12-,17+,18+,19-/m0/s1. The lowest BCUT2D eigenvalue weighted by atomic mass is 9.61. The normalized spacial score (nSPS) is 32.4. The van der Waals surface area contributed by atoms with Crippen molar-refractivity contribution in [3.8, 4) is 0 Å². The summed E-state index contributed by atoms with van der Waals surface area (Å²) < 4.78 is 19.8. The van der Waals surface area contributed by atoms with E-state index in [-0.39, 0.29) is 23.9 Å². The molecule has 5 heteroatoms. The first kappa shape index (κ1) is 16.3. The molecule has 1 amide bonds. The number of hydrogen-bond donors (Lipinski definition) is 1. The topological polar surface area (TPSA) is 38.3 Å². The van der Waals surface area contributed by atoms with Crippen LogP contribution < -0.4 is 5.32 Å². The fourth-order valence-electron chi connectivity index (χ4n) is 4.96. The van der Waals surface area contributed by atoms with Gasteiger partial charge < -0.3 is 10.1 Å². The van der Waals surface area contributed by atoms with E-state index in [0.29, 0.717) is 28.9 Å². The van der Waals surface area contributed by atoms with Crippen molar-refractivity contribution >= 4 is 17.5 Å². The molecular formula is C19H23ClFNO2. The molecule has 2 aliphatic carbocycles. The van der Waals surface area contributed by atoms with Crippen molar-refractivity contribution in [3.63, 3.8) is 0 Å². The molecule has 4 atom stereocenters. The Kier molecular flexibility index (Phi) is 4.52. The number of nitrogens with one attached hydrogen (secondary N) is 1. The van der Waals surface area contributed by atoms with Crippen LogP contribution in [0, 0.1) is 23.6 Å². The lowest BCUT2D eigenvalue weighted by Gasteiger charge is -2.50.